The molecule has 0 spiro atoms. The van der Waals surface area contributed by atoms with E-state index < -0.39 is 6.10 Å². The smallest absolute Gasteiger partial charge is 0.254 e. The van der Waals surface area contributed by atoms with Crippen molar-refractivity contribution in [2.45, 2.75) is 25.0 Å². The predicted octanol–water partition coefficient (Wildman–Crippen LogP) is 3.94. The molecule has 0 saturated carbocycles. The van der Waals surface area contributed by atoms with Crippen LogP contribution in [0.15, 0.2) is 90.1 Å². The van der Waals surface area contributed by atoms with Crippen LogP contribution in [0.4, 0.5) is 0 Å². The highest BCUT2D eigenvalue weighted by molar-refractivity contribution is 6.01. The molecule has 2 atom stereocenters. The Balaban J connectivity index is 1.42. The van der Waals surface area contributed by atoms with Gasteiger partial charge in [0.25, 0.3) is 5.91 Å². The molecule has 0 radical (unpaired) electrons. The summed E-state index contributed by atoms with van der Waals surface area (Å²) in [5.41, 5.74) is 1.86. The van der Waals surface area contributed by atoms with E-state index in [0.717, 1.165) is 5.56 Å². The van der Waals surface area contributed by atoms with Gasteiger partial charge in [-0.25, -0.2) is 0 Å². The van der Waals surface area contributed by atoms with Gasteiger partial charge in [-0.05, 0) is 35.9 Å². The summed E-state index contributed by atoms with van der Waals surface area (Å²) in [4.78, 5) is 32.7. The maximum Gasteiger partial charge on any atom is 0.254 e. The van der Waals surface area contributed by atoms with Crippen LogP contribution in [-0.2, 0) is 9.63 Å². The second kappa shape index (κ2) is 12.0. The van der Waals surface area contributed by atoms with E-state index in [1.165, 1.54) is 7.11 Å². The van der Waals surface area contributed by atoms with Gasteiger partial charge in [0, 0.05) is 31.0 Å². The van der Waals surface area contributed by atoms with Gasteiger partial charge in [-0.3, -0.25) is 9.59 Å². The number of para-hydroxylation sites is 1. The Morgan fingerprint density at radius 3 is 2.44 bits per heavy atom. The minimum Gasteiger partial charge on any atom is -0.457 e. The molecular formula is C28H29N3O5. The van der Waals surface area contributed by atoms with Crippen LogP contribution in [-0.4, -0.2) is 53.8 Å². The summed E-state index contributed by atoms with van der Waals surface area (Å²) in [6.07, 6.45) is -0.306. The van der Waals surface area contributed by atoms with Gasteiger partial charge in [0.1, 0.15) is 18.6 Å². The lowest BCUT2D eigenvalue weighted by Crippen LogP contribution is -2.40. The Morgan fingerprint density at radius 1 is 1.03 bits per heavy atom. The van der Waals surface area contributed by atoms with Crippen LogP contribution < -0.4 is 10.1 Å². The highest BCUT2D eigenvalue weighted by Crippen LogP contribution is 2.26. The van der Waals surface area contributed by atoms with Crippen LogP contribution in [0.3, 0.4) is 0 Å². The monoisotopic (exact) mass is 487 g/mol. The number of ether oxygens (including phenoxy) is 1. The van der Waals surface area contributed by atoms with Gasteiger partial charge in [0.15, 0.2) is 0 Å². The van der Waals surface area contributed by atoms with Crippen LogP contribution in [0, 0.1) is 0 Å². The summed E-state index contributed by atoms with van der Waals surface area (Å²) >= 11 is 0. The van der Waals surface area contributed by atoms with Gasteiger partial charge in [0.05, 0.1) is 18.4 Å². The highest BCUT2D eigenvalue weighted by atomic mass is 16.6. The van der Waals surface area contributed by atoms with Crippen molar-refractivity contribution >= 4 is 17.5 Å². The Bertz CT molecular complexity index is 1200. The van der Waals surface area contributed by atoms with Crippen molar-refractivity contribution in [1.29, 1.82) is 0 Å². The molecule has 186 valence electrons. The molecule has 3 aromatic rings. The quantitative estimate of drug-likeness (QED) is 0.446. The van der Waals surface area contributed by atoms with Crippen molar-refractivity contribution in [3.8, 4) is 11.5 Å². The van der Waals surface area contributed by atoms with E-state index in [-0.39, 0.29) is 37.4 Å². The van der Waals surface area contributed by atoms with Crippen molar-refractivity contribution in [2.24, 2.45) is 5.16 Å². The first kappa shape index (κ1) is 24.9. The zero-order chi connectivity index (χ0) is 25.3. The summed E-state index contributed by atoms with van der Waals surface area (Å²) in [6, 6.07) is 25.0. The lowest BCUT2D eigenvalue weighted by molar-refractivity contribution is -0.122. The minimum atomic E-state index is -0.811. The Morgan fingerprint density at radius 2 is 1.72 bits per heavy atom. The van der Waals surface area contributed by atoms with E-state index in [4.69, 9.17) is 9.57 Å². The third-order valence-corrected chi connectivity index (χ3v) is 5.90. The molecule has 8 heteroatoms. The number of hydrogen-bond acceptors (Lipinski definition) is 6. The summed E-state index contributed by atoms with van der Waals surface area (Å²) in [5, 5.41) is 17.1. The number of hydrogen-bond donors (Lipinski definition) is 2. The Labute approximate surface area is 210 Å². The third kappa shape index (κ3) is 6.49. The highest BCUT2D eigenvalue weighted by Gasteiger charge is 2.35. The molecule has 0 aromatic heterocycles. The fourth-order valence-corrected chi connectivity index (χ4v) is 4.16. The fraction of sp³-hybridized carbons (Fsp3) is 0.250. The molecule has 1 aliphatic rings. The number of carbonyl (C=O) groups excluding carboxylic acids is 2. The first-order valence-electron chi connectivity index (χ1n) is 11.8. The number of amides is 2. The average Bonchev–Trinajstić information content (AvgIpc) is 3.30. The molecule has 0 bridgehead atoms. The van der Waals surface area contributed by atoms with Gasteiger partial charge in [-0.15, -0.1) is 0 Å². The van der Waals surface area contributed by atoms with Crippen LogP contribution in [0.5, 0.6) is 11.5 Å². The molecule has 1 aliphatic heterocycles. The number of carbonyl (C=O) groups is 2. The fourth-order valence-electron chi connectivity index (χ4n) is 4.16. The maximum absolute atomic E-state index is 13.4. The number of nitrogens with one attached hydrogen (secondary N) is 1. The second-order valence-corrected chi connectivity index (χ2v) is 8.51. The van der Waals surface area contributed by atoms with E-state index in [0.29, 0.717) is 29.2 Å². The van der Waals surface area contributed by atoms with E-state index >= 15 is 0 Å². The molecule has 2 amide bonds. The van der Waals surface area contributed by atoms with Crippen LogP contribution in [0.2, 0.25) is 0 Å². The molecule has 4 rings (SSSR count). The summed E-state index contributed by atoms with van der Waals surface area (Å²) in [6.45, 7) is 0.350. The Hall–Kier alpha value is -4.17. The zero-order valence-corrected chi connectivity index (χ0v) is 20.0. The first-order chi connectivity index (χ1) is 17.5. The van der Waals surface area contributed by atoms with Crippen molar-refractivity contribution < 1.29 is 24.3 Å². The van der Waals surface area contributed by atoms with Crippen LogP contribution in [0.1, 0.15) is 34.9 Å². The number of likely N-dealkylation sites (tertiary alicyclic amines) is 1. The van der Waals surface area contributed by atoms with Gasteiger partial charge in [0.2, 0.25) is 5.91 Å². The summed E-state index contributed by atoms with van der Waals surface area (Å²) < 4.78 is 5.87. The number of aliphatic hydroxyl groups excluding tert-OH is 1. The largest absolute Gasteiger partial charge is 0.457 e. The van der Waals surface area contributed by atoms with Crippen molar-refractivity contribution in [1.82, 2.24) is 10.2 Å². The van der Waals surface area contributed by atoms with Gasteiger partial charge in [-0.1, -0.05) is 59.8 Å². The van der Waals surface area contributed by atoms with Crippen LogP contribution >= 0.6 is 0 Å². The predicted molar refractivity (Wildman–Crippen MR) is 136 cm³/mol. The van der Waals surface area contributed by atoms with E-state index in [2.05, 4.69) is 10.5 Å². The third-order valence-electron chi connectivity index (χ3n) is 5.90. The summed E-state index contributed by atoms with van der Waals surface area (Å²) in [5.74, 6) is 0.732. The SMILES string of the molecule is CON=C1C[C@@H](CC(=O)NCC(O)c2ccccc2)N(C(=O)c2cccc(Oc3ccccc3)c2)C1. The second-order valence-electron chi connectivity index (χ2n) is 8.51. The normalized spacial score (nSPS) is 17.0. The molecule has 1 unspecified atom stereocenters. The van der Waals surface area contributed by atoms with Crippen molar-refractivity contribution in [3.05, 3.63) is 96.1 Å². The van der Waals surface area contributed by atoms with Gasteiger partial charge >= 0.3 is 0 Å². The number of rotatable bonds is 9. The zero-order valence-electron chi connectivity index (χ0n) is 20.0. The maximum atomic E-state index is 13.4. The molecule has 8 nitrogen and oxygen atoms in total. The van der Waals surface area contributed by atoms with Crippen molar-refractivity contribution in [3.63, 3.8) is 0 Å². The molecule has 2 N–H and O–H groups in total. The standard InChI is InChI=1S/C28H29N3O5/c1-35-30-22-16-23(17-27(33)29-18-26(32)20-9-4-2-5-10-20)31(19-22)28(34)21-11-8-14-25(15-21)36-24-12-6-3-7-13-24/h2-15,23,26,32H,16-19H2,1H3,(H,29,33)/t23-,26?/m0/s1. The summed E-state index contributed by atoms with van der Waals surface area (Å²) in [7, 11) is 1.45. The average molecular weight is 488 g/mol. The van der Waals surface area contributed by atoms with Gasteiger partial charge < -0.3 is 24.9 Å². The first-order valence-corrected chi connectivity index (χ1v) is 11.8. The Kier molecular flexibility index (Phi) is 8.31. The lowest BCUT2D eigenvalue weighted by Gasteiger charge is -2.24. The molecule has 1 fully saturated rings. The van der Waals surface area contributed by atoms with Crippen LogP contribution in [0.25, 0.3) is 0 Å². The molecule has 0 aliphatic carbocycles. The number of benzene rings is 3. The minimum absolute atomic E-state index is 0.0796. The number of oxime groups is 1. The van der Waals surface area contributed by atoms with E-state index in [1.54, 1.807) is 41.3 Å². The van der Waals surface area contributed by atoms with E-state index in [9.17, 15) is 14.7 Å². The molecule has 1 heterocycles. The molecular weight excluding hydrogens is 458 g/mol. The molecule has 36 heavy (non-hydrogen) atoms. The molecule has 3 aromatic carbocycles. The van der Waals surface area contributed by atoms with Gasteiger partial charge in [-0.2, -0.15) is 0 Å². The van der Waals surface area contributed by atoms with E-state index in [1.807, 2.05) is 48.5 Å². The number of nitrogens with zero attached hydrogens (tertiary/aromatic N) is 2. The lowest BCUT2D eigenvalue weighted by atomic mass is 10.1. The molecule has 1 saturated heterocycles. The number of aliphatic hydroxyl groups is 1. The topological polar surface area (TPSA) is 100 Å². The van der Waals surface area contributed by atoms with Crippen molar-refractivity contribution in [2.75, 3.05) is 20.2 Å².